The van der Waals surface area contributed by atoms with Crippen LogP contribution in [-0.2, 0) is 6.42 Å². The van der Waals surface area contributed by atoms with Crippen molar-refractivity contribution in [2.24, 2.45) is 0 Å². The number of fused-ring (bicyclic) bond motifs is 1. The monoisotopic (exact) mass is 262 g/mol. The Kier molecular flexibility index (Phi) is 2.80. The van der Waals surface area contributed by atoms with Crippen LogP contribution in [0.3, 0.4) is 0 Å². The molecule has 2 aromatic rings. The van der Waals surface area contributed by atoms with E-state index in [-0.39, 0.29) is 6.79 Å². The number of benzene rings is 1. The molecule has 0 aliphatic carbocycles. The number of aromatic nitrogens is 2. The Hall–Kier alpha value is -1.81. The van der Waals surface area contributed by atoms with Gasteiger partial charge in [-0.25, -0.2) is 0 Å². The molecule has 0 saturated heterocycles. The van der Waals surface area contributed by atoms with Gasteiger partial charge in [-0.2, -0.15) is 0 Å². The second-order valence-electron chi connectivity index (χ2n) is 3.97. The van der Waals surface area contributed by atoms with Gasteiger partial charge in [-0.15, -0.1) is 10.2 Å². The maximum Gasteiger partial charge on any atom is 0.231 e. The van der Waals surface area contributed by atoms with Crippen LogP contribution in [0.25, 0.3) is 11.3 Å². The Morgan fingerprint density at radius 2 is 2.00 bits per heavy atom. The number of nitrogens with zero attached hydrogens (tertiary/aromatic N) is 2. The Morgan fingerprint density at radius 3 is 2.83 bits per heavy atom. The fraction of sp³-hybridized carbons (Fsp3) is 0.231. The van der Waals surface area contributed by atoms with Gasteiger partial charge in [0.25, 0.3) is 0 Å². The highest BCUT2D eigenvalue weighted by molar-refractivity contribution is 6.30. The van der Waals surface area contributed by atoms with Crippen molar-refractivity contribution < 1.29 is 9.47 Å². The lowest BCUT2D eigenvalue weighted by Crippen LogP contribution is -1.94. The summed E-state index contributed by atoms with van der Waals surface area (Å²) in [6.45, 7) is 2.30. The molecule has 18 heavy (non-hydrogen) atoms. The summed E-state index contributed by atoms with van der Waals surface area (Å²) in [5, 5.41) is 8.53. The normalized spacial score (nSPS) is 12.8. The largest absolute Gasteiger partial charge is 0.454 e. The lowest BCUT2D eigenvalue weighted by atomic mass is 10.1. The lowest BCUT2D eigenvalue weighted by Gasteiger charge is -2.05. The van der Waals surface area contributed by atoms with Gasteiger partial charge in [0.1, 0.15) is 0 Å². The minimum Gasteiger partial charge on any atom is -0.454 e. The van der Waals surface area contributed by atoms with E-state index in [1.807, 2.05) is 31.2 Å². The van der Waals surface area contributed by atoms with E-state index in [4.69, 9.17) is 21.1 Å². The van der Waals surface area contributed by atoms with E-state index in [9.17, 15) is 0 Å². The fourth-order valence-corrected chi connectivity index (χ4v) is 2.09. The van der Waals surface area contributed by atoms with Gasteiger partial charge in [0.15, 0.2) is 16.7 Å². The minimum atomic E-state index is 0.269. The molecule has 5 heteroatoms. The first-order chi connectivity index (χ1) is 8.78. The topological polar surface area (TPSA) is 44.2 Å². The van der Waals surface area contributed by atoms with Crippen LogP contribution in [0.4, 0.5) is 0 Å². The quantitative estimate of drug-likeness (QED) is 0.834. The number of halogens is 1. The van der Waals surface area contributed by atoms with Gasteiger partial charge >= 0.3 is 0 Å². The van der Waals surface area contributed by atoms with E-state index < -0.39 is 0 Å². The van der Waals surface area contributed by atoms with Crippen LogP contribution < -0.4 is 9.47 Å². The lowest BCUT2D eigenvalue weighted by molar-refractivity contribution is 0.174. The number of aryl methyl sites for hydroxylation is 1. The molecule has 1 aromatic heterocycles. The molecule has 0 atom stereocenters. The molecule has 0 radical (unpaired) electrons. The minimum absolute atomic E-state index is 0.269. The molecule has 0 saturated carbocycles. The molecule has 1 aliphatic heterocycles. The van der Waals surface area contributed by atoms with Crippen molar-refractivity contribution in [3.05, 3.63) is 35.0 Å². The van der Waals surface area contributed by atoms with Crippen LogP contribution in [-0.4, -0.2) is 17.0 Å². The molecule has 0 fully saturated rings. The van der Waals surface area contributed by atoms with Crippen molar-refractivity contribution >= 4 is 11.6 Å². The fourth-order valence-electron chi connectivity index (χ4n) is 1.86. The smallest absolute Gasteiger partial charge is 0.231 e. The zero-order valence-electron chi connectivity index (χ0n) is 9.81. The summed E-state index contributed by atoms with van der Waals surface area (Å²) >= 11 is 5.96. The first kappa shape index (κ1) is 11.3. The van der Waals surface area contributed by atoms with Gasteiger partial charge in [0.2, 0.25) is 6.79 Å². The summed E-state index contributed by atoms with van der Waals surface area (Å²) in [7, 11) is 0. The zero-order valence-corrected chi connectivity index (χ0v) is 10.6. The molecule has 1 aliphatic rings. The van der Waals surface area contributed by atoms with Gasteiger partial charge in [0, 0.05) is 5.56 Å². The van der Waals surface area contributed by atoms with E-state index in [0.717, 1.165) is 34.7 Å². The number of rotatable bonds is 2. The van der Waals surface area contributed by atoms with Crippen LogP contribution in [0.1, 0.15) is 12.5 Å². The average molecular weight is 263 g/mol. The second kappa shape index (κ2) is 4.46. The molecular formula is C13H11ClN2O2. The highest BCUT2D eigenvalue weighted by Gasteiger charge is 2.15. The summed E-state index contributed by atoms with van der Waals surface area (Å²) in [4.78, 5) is 0. The molecule has 1 aromatic carbocycles. The van der Waals surface area contributed by atoms with E-state index in [1.54, 1.807) is 0 Å². The maximum absolute atomic E-state index is 5.96. The number of hydrogen-bond donors (Lipinski definition) is 0. The van der Waals surface area contributed by atoms with E-state index >= 15 is 0 Å². The summed E-state index contributed by atoms with van der Waals surface area (Å²) in [5.41, 5.74) is 2.71. The van der Waals surface area contributed by atoms with Gasteiger partial charge in [-0.1, -0.05) is 18.5 Å². The van der Waals surface area contributed by atoms with Crippen LogP contribution in [0.5, 0.6) is 11.5 Å². The molecule has 0 spiro atoms. The van der Waals surface area contributed by atoms with E-state index in [2.05, 4.69) is 10.2 Å². The Labute approximate surface area is 110 Å². The Bertz CT molecular complexity index is 593. The molecule has 0 N–H and O–H groups in total. The molecule has 3 rings (SSSR count). The summed E-state index contributed by atoms with van der Waals surface area (Å²) in [5.74, 6) is 1.50. The summed E-state index contributed by atoms with van der Waals surface area (Å²) in [6.07, 6.45) is 0.825. The van der Waals surface area contributed by atoms with Gasteiger partial charge in [0.05, 0.1) is 5.69 Å². The molecule has 4 nitrogen and oxygen atoms in total. The highest BCUT2D eigenvalue weighted by Crippen LogP contribution is 2.35. The molecule has 0 bridgehead atoms. The zero-order chi connectivity index (χ0) is 12.5. The van der Waals surface area contributed by atoms with Gasteiger partial charge < -0.3 is 9.47 Å². The molecular weight excluding hydrogens is 252 g/mol. The van der Waals surface area contributed by atoms with Crippen LogP contribution in [0.2, 0.25) is 5.15 Å². The van der Waals surface area contributed by atoms with Gasteiger partial charge in [-0.3, -0.25) is 0 Å². The third-order valence-electron chi connectivity index (χ3n) is 2.87. The first-order valence-electron chi connectivity index (χ1n) is 5.70. The highest BCUT2D eigenvalue weighted by atomic mass is 35.5. The SMILES string of the molecule is CCc1cc(-c2ccc3c(c2)OCO3)nnc1Cl. The van der Waals surface area contributed by atoms with Crippen LogP contribution >= 0.6 is 11.6 Å². The predicted octanol–water partition coefficient (Wildman–Crippen LogP) is 3.09. The maximum atomic E-state index is 5.96. The predicted molar refractivity (Wildman–Crippen MR) is 68.0 cm³/mol. The van der Waals surface area contributed by atoms with Gasteiger partial charge in [-0.05, 0) is 36.2 Å². The van der Waals surface area contributed by atoms with Crippen molar-refractivity contribution in [2.45, 2.75) is 13.3 Å². The third kappa shape index (κ3) is 1.88. The number of ether oxygens (including phenoxy) is 2. The molecule has 0 amide bonds. The molecule has 0 unspecified atom stereocenters. The van der Waals surface area contributed by atoms with Crippen molar-refractivity contribution in [1.82, 2.24) is 10.2 Å². The van der Waals surface area contributed by atoms with Crippen molar-refractivity contribution in [3.63, 3.8) is 0 Å². The van der Waals surface area contributed by atoms with E-state index in [0.29, 0.717) is 5.15 Å². The molecule has 2 heterocycles. The van der Waals surface area contributed by atoms with E-state index in [1.165, 1.54) is 0 Å². The summed E-state index contributed by atoms with van der Waals surface area (Å²) in [6, 6.07) is 7.66. The molecule has 92 valence electrons. The second-order valence-corrected chi connectivity index (χ2v) is 4.33. The van der Waals surface area contributed by atoms with Crippen molar-refractivity contribution in [1.29, 1.82) is 0 Å². The van der Waals surface area contributed by atoms with Crippen LogP contribution in [0, 0.1) is 0 Å². The Morgan fingerprint density at radius 1 is 1.17 bits per heavy atom. The van der Waals surface area contributed by atoms with Crippen molar-refractivity contribution in [3.8, 4) is 22.8 Å². The standard InChI is InChI=1S/C13H11ClN2O2/c1-2-8-5-10(15-16-13(8)14)9-3-4-11-12(6-9)18-7-17-11/h3-6H,2,7H2,1H3. The number of hydrogen-bond acceptors (Lipinski definition) is 4. The average Bonchev–Trinajstić information content (AvgIpc) is 2.86. The first-order valence-corrected chi connectivity index (χ1v) is 6.08. The summed E-state index contributed by atoms with van der Waals surface area (Å²) < 4.78 is 10.6. The Balaban J connectivity index is 2.04. The van der Waals surface area contributed by atoms with Crippen LogP contribution in [0.15, 0.2) is 24.3 Å². The third-order valence-corrected chi connectivity index (χ3v) is 3.19. The van der Waals surface area contributed by atoms with Crippen molar-refractivity contribution in [2.75, 3.05) is 6.79 Å².